The van der Waals surface area contributed by atoms with Crippen molar-refractivity contribution in [1.82, 2.24) is 24.4 Å². The van der Waals surface area contributed by atoms with Crippen LogP contribution in [-0.4, -0.2) is 47.1 Å². The minimum absolute atomic E-state index is 0.0573. The van der Waals surface area contributed by atoms with Crippen molar-refractivity contribution in [3.63, 3.8) is 0 Å². The number of nitrogens with one attached hydrogen (secondary N) is 1. The van der Waals surface area contributed by atoms with Crippen LogP contribution in [0.2, 0.25) is 0 Å². The fourth-order valence-electron chi connectivity index (χ4n) is 3.76. The van der Waals surface area contributed by atoms with Crippen molar-refractivity contribution in [2.45, 2.75) is 43.7 Å². The minimum Gasteiger partial charge on any atom is -0.312 e. The van der Waals surface area contributed by atoms with Gasteiger partial charge in [-0.05, 0) is 37.5 Å². The molecule has 0 aliphatic carbocycles. The van der Waals surface area contributed by atoms with E-state index in [9.17, 15) is 12.8 Å². The zero-order valence-corrected chi connectivity index (χ0v) is 15.5. The van der Waals surface area contributed by atoms with Gasteiger partial charge in [-0.1, -0.05) is 6.07 Å². The van der Waals surface area contributed by atoms with Gasteiger partial charge in [0.15, 0.2) is 0 Å². The van der Waals surface area contributed by atoms with Crippen LogP contribution in [0, 0.1) is 12.7 Å². The number of benzene rings is 1. The maximum Gasteiger partial charge on any atom is 0.243 e. The number of sulfonamides is 1. The number of hydrogen-bond donors (Lipinski definition) is 1. The predicted octanol–water partition coefficient (Wildman–Crippen LogP) is 1.40. The lowest BCUT2D eigenvalue weighted by Crippen LogP contribution is -2.39. The van der Waals surface area contributed by atoms with E-state index in [0.29, 0.717) is 31.5 Å². The lowest BCUT2D eigenvalue weighted by Gasteiger charge is -2.31. The summed E-state index contributed by atoms with van der Waals surface area (Å²) in [6.07, 6.45) is 1.39. The van der Waals surface area contributed by atoms with Crippen molar-refractivity contribution in [2.75, 3.05) is 19.6 Å². The number of rotatable bonds is 3. The molecule has 0 amide bonds. The number of piperidine rings is 1. The Bertz CT molecular complexity index is 919. The largest absolute Gasteiger partial charge is 0.312 e. The molecule has 1 N–H and O–H groups in total. The third-order valence-electron chi connectivity index (χ3n) is 5.24. The molecule has 7 nitrogen and oxygen atoms in total. The van der Waals surface area contributed by atoms with E-state index >= 15 is 0 Å². The topological polar surface area (TPSA) is 80.1 Å². The Morgan fingerprint density at radius 2 is 1.96 bits per heavy atom. The molecular weight excluding hydrogens is 357 g/mol. The van der Waals surface area contributed by atoms with Gasteiger partial charge in [-0.2, -0.15) is 4.31 Å². The van der Waals surface area contributed by atoms with Gasteiger partial charge < -0.3 is 9.88 Å². The standard InChI is InChI=1S/C17H22FN5O2S/c1-12-2-3-14(18)10-15(12)26(24,25)22-7-4-13(5-8-22)17-21-20-16-11-19-6-9-23(16)17/h2-3,10,13,19H,4-9,11H2,1H3. The normalized spacial score (nSPS) is 19.5. The quantitative estimate of drug-likeness (QED) is 0.872. The molecule has 1 aromatic carbocycles. The number of aromatic nitrogens is 3. The molecule has 0 radical (unpaired) electrons. The lowest BCUT2D eigenvalue weighted by molar-refractivity contribution is 0.307. The molecule has 0 spiro atoms. The zero-order chi connectivity index (χ0) is 18.3. The van der Waals surface area contributed by atoms with Gasteiger partial charge in [0.25, 0.3) is 0 Å². The number of aryl methyl sites for hydroxylation is 1. The molecule has 0 atom stereocenters. The molecule has 2 aliphatic heterocycles. The summed E-state index contributed by atoms with van der Waals surface area (Å²) >= 11 is 0. The SMILES string of the molecule is Cc1ccc(F)cc1S(=O)(=O)N1CCC(c2nnc3n2CCNC3)CC1. The number of nitrogens with zero attached hydrogens (tertiary/aromatic N) is 4. The molecule has 1 saturated heterocycles. The highest BCUT2D eigenvalue weighted by Crippen LogP contribution is 2.31. The highest BCUT2D eigenvalue weighted by molar-refractivity contribution is 7.89. The van der Waals surface area contributed by atoms with Crippen molar-refractivity contribution in [3.8, 4) is 0 Å². The second-order valence-corrected chi connectivity index (χ2v) is 8.80. The molecule has 3 heterocycles. The third kappa shape index (κ3) is 3.04. The van der Waals surface area contributed by atoms with Crippen molar-refractivity contribution >= 4 is 10.0 Å². The summed E-state index contributed by atoms with van der Waals surface area (Å²) in [4.78, 5) is 0.0573. The van der Waals surface area contributed by atoms with Gasteiger partial charge in [-0.15, -0.1) is 10.2 Å². The van der Waals surface area contributed by atoms with Gasteiger partial charge in [-0.3, -0.25) is 0 Å². The number of fused-ring (bicyclic) bond motifs is 1. The van der Waals surface area contributed by atoms with Crippen LogP contribution in [0.5, 0.6) is 0 Å². The van der Waals surface area contributed by atoms with Gasteiger partial charge in [0.2, 0.25) is 10.0 Å². The Hall–Kier alpha value is -1.84. The molecule has 2 aliphatic rings. The van der Waals surface area contributed by atoms with Crippen molar-refractivity contribution in [3.05, 3.63) is 41.2 Å². The Kier molecular flexibility index (Phi) is 4.54. The van der Waals surface area contributed by atoms with Crippen LogP contribution >= 0.6 is 0 Å². The predicted molar refractivity (Wildman–Crippen MR) is 93.6 cm³/mol. The summed E-state index contributed by atoms with van der Waals surface area (Å²) in [6, 6.07) is 3.90. The van der Waals surface area contributed by atoms with Crippen molar-refractivity contribution in [1.29, 1.82) is 0 Å². The fraction of sp³-hybridized carbons (Fsp3) is 0.529. The molecule has 4 rings (SSSR count). The Morgan fingerprint density at radius 1 is 1.19 bits per heavy atom. The van der Waals surface area contributed by atoms with E-state index in [-0.39, 0.29) is 10.8 Å². The molecule has 0 bridgehead atoms. The first kappa shape index (κ1) is 17.6. The maximum absolute atomic E-state index is 13.5. The summed E-state index contributed by atoms with van der Waals surface area (Å²) in [5.74, 6) is 1.57. The van der Waals surface area contributed by atoms with E-state index in [2.05, 4.69) is 20.1 Å². The highest BCUT2D eigenvalue weighted by atomic mass is 32.2. The van der Waals surface area contributed by atoms with Gasteiger partial charge in [0, 0.05) is 32.1 Å². The Morgan fingerprint density at radius 3 is 2.73 bits per heavy atom. The second-order valence-electron chi connectivity index (χ2n) is 6.89. The van der Waals surface area contributed by atoms with E-state index in [0.717, 1.165) is 37.3 Å². The summed E-state index contributed by atoms with van der Waals surface area (Å²) in [6.45, 7) is 4.96. The van der Waals surface area contributed by atoms with Crippen LogP contribution in [0.25, 0.3) is 0 Å². The van der Waals surface area contributed by atoms with Crippen molar-refractivity contribution < 1.29 is 12.8 Å². The van der Waals surface area contributed by atoms with Gasteiger partial charge in [0.1, 0.15) is 17.5 Å². The van der Waals surface area contributed by atoms with Gasteiger partial charge >= 0.3 is 0 Å². The van der Waals surface area contributed by atoms with E-state index < -0.39 is 15.8 Å². The van der Waals surface area contributed by atoms with Crippen LogP contribution in [0.3, 0.4) is 0 Å². The lowest BCUT2D eigenvalue weighted by atomic mass is 9.97. The number of halogens is 1. The summed E-state index contributed by atoms with van der Waals surface area (Å²) in [7, 11) is -3.68. The molecule has 1 fully saturated rings. The Labute approximate surface area is 152 Å². The monoisotopic (exact) mass is 379 g/mol. The van der Waals surface area contributed by atoms with Crippen LogP contribution in [0.15, 0.2) is 23.1 Å². The highest BCUT2D eigenvalue weighted by Gasteiger charge is 2.33. The molecule has 140 valence electrons. The third-order valence-corrected chi connectivity index (χ3v) is 7.28. The number of hydrogen-bond acceptors (Lipinski definition) is 5. The molecule has 0 saturated carbocycles. The molecule has 0 unspecified atom stereocenters. The van der Waals surface area contributed by atoms with E-state index in [1.807, 2.05) is 0 Å². The average Bonchev–Trinajstić information content (AvgIpc) is 3.08. The van der Waals surface area contributed by atoms with Gasteiger partial charge in [-0.25, -0.2) is 12.8 Å². The van der Waals surface area contributed by atoms with Crippen LogP contribution < -0.4 is 5.32 Å². The smallest absolute Gasteiger partial charge is 0.243 e. The molecular formula is C17H22FN5O2S. The van der Waals surface area contributed by atoms with Crippen LogP contribution in [0.1, 0.15) is 36.0 Å². The van der Waals surface area contributed by atoms with Crippen molar-refractivity contribution in [2.24, 2.45) is 0 Å². The molecule has 2 aromatic rings. The summed E-state index contributed by atoms with van der Waals surface area (Å²) in [5, 5.41) is 11.9. The Balaban J connectivity index is 1.51. The first-order valence-corrected chi connectivity index (χ1v) is 10.3. The van der Waals surface area contributed by atoms with E-state index in [1.165, 1.54) is 16.4 Å². The summed E-state index contributed by atoms with van der Waals surface area (Å²) < 4.78 is 43.0. The van der Waals surface area contributed by atoms with Crippen LogP contribution in [-0.2, 0) is 23.1 Å². The first-order valence-electron chi connectivity index (χ1n) is 8.86. The molecule has 9 heteroatoms. The van der Waals surface area contributed by atoms with E-state index in [1.54, 1.807) is 6.92 Å². The maximum atomic E-state index is 13.5. The summed E-state index contributed by atoms with van der Waals surface area (Å²) in [5.41, 5.74) is 0.563. The van der Waals surface area contributed by atoms with E-state index in [4.69, 9.17) is 0 Å². The average molecular weight is 379 g/mol. The molecule has 26 heavy (non-hydrogen) atoms. The second kappa shape index (κ2) is 6.71. The zero-order valence-electron chi connectivity index (χ0n) is 14.7. The first-order chi connectivity index (χ1) is 12.5. The minimum atomic E-state index is -3.68. The van der Waals surface area contributed by atoms with Crippen LogP contribution in [0.4, 0.5) is 4.39 Å². The molecule has 1 aromatic heterocycles. The van der Waals surface area contributed by atoms with Gasteiger partial charge in [0.05, 0.1) is 11.4 Å². The fourth-order valence-corrected chi connectivity index (χ4v) is 5.47.